The van der Waals surface area contributed by atoms with Crippen LogP contribution in [0.1, 0.15) is 11.1 Å². The number of benzene rings is 1. The Hall–Kier alpha value is -0.670. The number of hydrogen-bond donors (Lipinski definition) is 1. The van der Waals surface area contributed by atoms with Gasteiger partial charge in [0.1, 0.15) is 5.75 Å². The molecule has 1 rings (SSSR count). The lowest BCUT2D eigenvalue weighted by molar-refractivity contribution is 0.405. The van der Waals surface area contributed by atoms with Crippen LogP contribution in [0, 0.1) is 6.92 Å². The van der Waals surface area contributed by atoms with Gasteiger partial charge in [-0.3, -0.25) is 0 Å². The first kappa shape index (κ1) is 10.4. The highest BCUT2D eigenvalue weighted by Gasteiger charge is 2.09. The van der Waals surface area contributed by atoms with Gasteiger partial charge < -0.3 is 10.5 Å². The third kappa shape index (κ3) is 1.98. The Bertz CT molecular complexity index is 299. The SMILES string of the molecule is COc1c(C)ccc(SC)c1CN. The molecule has 0 fully saturated rings. The Kier molecular flexibility index (Phi) is 3.63. The number of hydrogen-bond acceptors (Lipinski definition) is 3. The number of thioether (sulfide) groups is 1. The van der Waals surface area contributed by atoms with Crippen molar-refractivity contribution in [1.82, 2.24) is 0 Å². The van der Waals surface area contributed by atoms with Gasteiger partial charge in [0, 0.05) is 17.0 Å². The zero-order valence-corrected chi connectivity index (χ0v) is 9.07. The van der Waals surface area contributed by atoms with Gasteiger partial charge in [-0.2, -0.15) is 0 Å². The summed E-state index contributed by atoms with van der Waals surface area (Å²) in [6, 6.07) is 4.15. The quantitative estimate of drug-likeness (QED) is 0.754. The average Bonchev–Trinajstić information content (AvgIpc) is 2.17. The molecule has 0 aliphatic heterocycles. The third-order valence-electron chi connectivity index (χ3n) is 2.04. The molecule has 0 heterocycles. The molecule has 0 saturated carbocycles. The fraction of sp³-hybridized carbons (Fsp3) is 0.400. The Morgan fingerprint density at radius 1 is 1.46 bits per heavy atom. The first-order valence-electron chi connectivity index (χ1n) is 4.15. The normalized spacial score (nSPS) is 10.2. The van der Waals surface area contributed by atoms with E-state index in [0.29, 0.717) is 6.54 Å². The number of rotatable bonds is 3. The molecule has 0 aliphatic carbocycles. The van der Waals surface area contributed by atoms with Gasteiger partial charge in [0.05, 0.1) is 7.11 Å². The predicted molar refractivity (Wildman–Crippen MR) is 57.4 cm³/mol. The van der Waals surface area contributed by atoms with E-state index in [1.54, 1.807) is 18.9 Å². The third-order valence-corrected chi connectivity index (χ3v) is 2.86. The van der Waals surface area contributed by atoms with Gasteiger partial charge in [0.2, 0.25) is 0 Å². The van der Waals surface area contributed by atoms with Crippen LogP contribution >= 0.6 is 11.8 Å². The Morgan fingerprint density at radius 2 is 2.15 bits per heavy atom. The lowest BCUT2D eigenvalue weighted by atomic mass is 10.1. The standard InChI is InChI=1S/C10H15NOS/c1-7-4-5-9(13-3)8(6-11)10(7)12-2/h4-5H,6,11H2,1-3H3. The molecule has 1 aromatic carbocycles. The fourth-order valence-electron chi connectivity index (χ4n) is 1.40. The van der Waals surface area contributed by atoms with Crippen LogP contribution in [0.5, 0.6) is 5.75 Å². The first-order chi connectivity index (χ1) is 6.24. The molecule has 3 heteroatoms. The van der Waals surface area contributed by atoms with Gasteiger partial charge in [-0.25, -0.2) is 0 Å². The summed E-state index contributed by atoms with van der Waals surface area (Å²) in [7, 11) is 1.69. The van der Waals surface area contributed by atoms with Crippen molar-refractivity contribution in [2.24, 2.45) is 5.73 Å². The highest BCUT2D eigenvalue weighted by Crippen LogP contribution is 2.31. The summed E-state index contributed by atoms with van der Waals surface area (Å²) in [5.74, 6) is 0.925. The summed E-state index contributed by atoms with van der Waals surface area (Å²) < 4.78 is 5.32. The average molecular weight is 197 g/mol. The van der Waals surface area contributed by atoms with Crippen molar-refractivity contribution in [3.05, 3.63) is 23.3 Å². The number of methoxy groups -OCH3 is 1. The molecule has 0 spiro atoms. The van der Waals surface area contributed by atoms with Gasteiger partial charge in [0.25, 0.3) is 0 Å². The van der Waals surface area contributed by atoms with Crippen LogP contribution in [0.15, 0.2) is 17.0 Å². The second-order valence-corrected chi connectivity index (χ2v) is 3.65. The maximum absolute atomic E-state index is 5.68. The fourth-order valence-corrected chi connectivity index (χ4v) is 2.02. The zero-order chi connectivity index (χ0) is 9.84. The molecule has 2 N–H and O–H groups in total. The first-order valence-corrected chi connectivity index (χ1v) is 5.37. The van der Waals surface area contributed by atoms with E-state index in [9.17, 15) is 0 Å². The van der Waals surface area contributed by atoms with Crippen LogP contribution in [0.3, 0.4) is 0 Å². The van der Waals surface area contributed by atoms with Crippen LogP contribution < -0.4 is 10.5 Å². The van der Waals surface area contributed by atoms with Crippen LogP contribution in [0.2, 0.25) is 0 Å². The van der Waals surface area contributed by atoms with Crippen LogP contribution in [-0.2, 0) is 6.54 Å². The zero-order valence-electron chi connectivity index (χ0n) is 8.26. The Labute approximate surface area is 83.5 Å². The van der Waals surface area contributed by atoms with Gasteiger partial charge in [-0.05, 0) is 24.8 Å². The van der Waals surface area contributed by atoms with Crippen LogP contribution in [0.4, 0.5) is 0 Å². The summed E-state index contributed by atoms with van der Waals surface area (Å²) in [6.07, 6.45) is 2.04. The van der Waals surface area contributed by atoms with Crippen molar-refractivity contribution < 1.29 is 4.74 Å². The van der Waals surface area contributed by atoms with Gasteiger partial charge in [0.15, 0.2) is 0 Å². The molecule has 2 nitrogen and oxygen atoms in total. The number of aryl methyl sites for hydroxylation is 1. The smallest absolute Gasteiger partial charge is 0.127 e. The molecule has 72 valence electrons. The van der Waals surface area contributed by atoms with E-state index in [1.807, 2.05) is 13.2 Å². The minimum absolute atomic E-state index is 0.529. The molecule has 0 aromatic heterocycles. The number of ether oxygens (including phenoxy) is 1. The molecule has 0 amide bonds. The second kappa shape index (κ2) is 4.53. The predicted octanol–water partition coefficient (Wildman–Crippen LogP) is 2.18. The van der Waals surface area contributed by atoms with Crippen molar-refractivity contribution in [1.29, 1.82) is 0 Å². The summed E-state index contributed by atoms with van der Waals surface area (Å²) in [5.41, 5.74) is 7.92. The summed E-state index contributed by atoms with van der Waals surface area (Å²) in [6.45, 7) is 2.56. The molecule has 1 aromatic rings. The highest BCUT2D eigenvalue weighted by atomic mass is 32.2. The molecule has 0 aliphatic rings. The van der Waals surface area contributed by atoms with E-state index in [4.69, 9.17) is 10.5 Å². The van der Waals surface area contributed by atoms with E-state index in [1.165, 1.54) is 4.90 Å². The lowest BCUT2D eigenvalue weighted by Crippen LogP contribution is -2.03. The van der Waals surface area contributed by atoms with Crippen LogP contribution in [0.25, 0.3) is 0 Å². The highest BCUT2D eigenvalue weighted by molar-refractivity contribution is 7.98. The minimum atomic E-state index is 0.529. The van der Waals surface area contributed by atoms with Crippen molar-refractivity contribution in [3.63, 3.8) is 0 Å². The maximum Gasteiger partial charge on any atom is 0.127 e. The minimum Gasteiger partial charge on any atom is -0.496 e. The van der Waals surface area contributed by atoms with E-state index in [-0.39, 0.29) is 0 Å². The maximum atomic E-state index is 5.68. The van der Waals surface area contributed by atoms with E-state index in [0.717, 1.165) is 16.9 Å². The van der Waals surface area contributed by atoms with Gasteiger partial charge >= 0.3 is 0 Å². The lowest BCUT2D eigenvalue weighted by Gasteiger charge is -2.13. The summed E-state index contributed by atoms with van der Waals surface area (Å²) in [4.78, 5) is 1.20. The number of nitrogens with two attached hydrogens (primary N) is 1. The summed E-state index contributed by atoms with van der Waals surface area (Å²) in [5, 5.41) is 0. The second-order valence-electron chi connectivity index (χ2n) is 2.80. The molecule has 0 radical (unpaired) electrons. The van der Waals surface area contributed by atoms with Crippen molar-refractivity contribution in [3.8, 4) is 5.75 Å². The molecule has 0 bridgehead atoms. The Morgan fingerprint density at radius 3 is 2.62 bits per heavy atom. The topological polar surface area (TPSA) is 35.2 Å². The largest absolute Gasteiger partial charge is 0.496 e. The molecule has 0 saturated heterocycles. The Balaban J connectivity index is 3.27. The van der Waals surface area contributed by atoms with E-state index >= 15 is 0 Å². The van der Waals surface area contributed by atoms with E-state index in [2.05, 4.69) is 12.1 Å². The van der Waals surface area contributed by atoms with Crippen LogP contribution in [-0.4, -0.2) is 13.4 Å². The monoisotopic (exact) mass is 197 g/mol. The van der Waals surface area contributed by atoms with E-state index < -0.39 is 0 Å². The molecule has 13 heavy (non-hydrogen) atoms. The molecular weight excluding hydrogens is 182 g/mol. The van der Waals surface area contributed by atoms with Crippen molar-refractivity contribution >= 4 is 11.8 Å². The van der Waals surface area contributed by atoms with Crippen molar-refractivity contribution in [2.75, 3.05) is 13.4 Å². The molecular formula is C10H15NOS. The van der Waals surface area contributed by atoms with Gasteiger partial charge in [-0.1, -0.05) is 6.07 Å². The molecule has 0 unspecified atom stereocenters. The molecule has 0 atom stereocenters. The van der Waals surface area contributed by atoms with Crippen molar-refractivity contribution in [2.45, 2.75) is 18.4 Å². The summed E-state index contributed by atoms with van der Waals surface area (Å²) >= 11 is 1.70. The van der Waals surface area contributed by atoms with Gasteiger partial charge in [-0.15, -0.1) is 11.8 Å².